The summed E-state index contributed by atoms with van der Waals surface area (Å²) in [5, 5.41) is 7.60. The second kappa shape index (κ2) is 44.6. The number of hydrogen-bond donors (Lipinski definition) is 1. The van der Waals surface area contributed by atoms with E-state index < -0.39 is 5.97 Å². The molecule has 0 aliphatic heterocycles. The van der Waals surface area contributed by atoms with Crippen molar-refractivity contribution in [1.29, 1.82) is 0 Å². The fraction of sp³-hybridized carbons (Fsp3) is 0.204. The summed E-state index contributed by atoms with van der Waals surface area (Å²) in [5.74, 6) is -0.935. The van der Waals surface area contributed by atoms with Gasteiger partial charge in [-0.05, 0) is 98.5 Å². The number of carbonyl (C=O) groups is 3. The van der Waals surface area contributed by atoms with Crippen LogP contribution in [0.15, 0.2) is 168 Å². The zero-order chi connectivity index (χ0) is 48.2. The Morgan fingerprint density at radius 1 is 0.607 bits per heavy atom. The van der Waals surface area contributed by atoms with Crippen LogP contribution in [0.2, 0.25) is 0 Å². The molecule has 4 aromatic carbocycles. The second-order valence-corrected chi connectivity index (χ2v) is 12.4. The number of aliphatic carboxylic acids is 1. The maximum Gasteiger partial charge on any atom is 0.332 e. The molecule has 330 valence electrons. The first-order valence-electron chi connectivity index (χ1n) is 19.1. The van der Waals surface area contributed by atoms with Gasteiger partial charge in [0.1, 0.15) is 0 Å². The number of alkyl halides is 1. The molecule has 0 saturated carbocycles. The minimum absolute atomic E-state index is 0.329. The van der Waals surface area contributed by atoms with E-state index in [0.29, 0.717) is 5.57 Å². The number of carbonyl (C=O) groups excluding carboxylic acids is 2. The summed E-state index contributed by atoms with van der Waals surface area (Å²) in [5.41, 5.74) is 12.2. The van der Waals surface area contributed by atoms with Gasteiger partial charge in [-0.15, -0.1) is 18.2 Å². The molecule has 0 unspecified atom stereocenters. The molecule has 61 heavy (non-hydrogen) atoms. The number of methoxy groups -OCH3 is 1. The SMILES string of the molecule is C=C(C)C(=O)OC.C=CC.C=CC(=O)O.C=COC(C)=O.C=Cc1c(C)c(C)c(C)c(C)c1C.C=Cc1ccccc1.C=Cc1ccccc1.C=Cc1ccccc1.CCCl. The minimum atomic E-state index is -0.981. The molecule has 4 rings (SSSR count). The molecule has 0 aliphatic rings. The Labute approximate surface area is 374 Å². The molecule has 0 atom stereocenters. The lowest BCUT2D eigenvalue weighted by molar-refractivity contribution is -0.136. The summed E-state index contributed by atoms with van der Waals surface area (Å²) in [7, 11) is 1.33. The molecule has 0 fully saturated rings. The lowest BCUT2D eigenvalue weighted by Gasteiger charge is -2.15. The average molecular weight is 852 g/mol. The molecule has 7 heteroatoms. The Bertz CT molecular complexity index is 1730. The van der Waals surface area contributed by atoms with Crippen LogP contribution in [0.25, 0.3) is 24.3 Å². The van der Waals surface area contributed by atoms with Gasteiger partial charge in [0.15, 0.2) is 0 Å². The summed E-state index contributed by atoms with van der Waals surface area (Å²) >= 11 is 5.00. The smallest absolute Gasteiger partial charge is 0.332 e. The second-order valence-electron chi connectivity index (χ2n) is 11.9. The van der Waals surface area contributed by atoms with Gasteiger partial charge in [-0.2, -0.15) is 0 Å². The standard InChI is InChI=1S/C13H18.3C8H8.C5H8O2.C4H6O2.C3H4O2.C3H6.C2H5Cl/c1-7-13-11(5)9(3)8(2)10(4)12(13)6;3*1-2-8-6-4-3-5-7-8;1-4(2)5(6)7-3;1-3-6-4(2)5;1-2-3(4)5;1-3-2;1-2-3/h7H,1H2,2-6H3;3*2-7H,1H2;1H2,2-3H3;3H,1H2,2H3;2H,1H2,(H,4,5);3H,1H2,2H3;2H2,1H3. The Balaban J connectivity index is -0.000000199. The van der Waals surface area contributed by atoms with Crippen LogP contribution in [0.1, 0.15) is 77.8 Å². The van der Waals surface area contributed by atoms with E-state index in [9.17, 15) is 14.4 Å². The van der Waals surface area contributed by atoms with Crippen LogP contribution in [-0.2, 0) is 23.9 Å². The van der Waals surface area contributed by atoms with Gasteiger partial charge < -0.3 is 14.6 Å². The highest BCUT2D eigenvalue weighted by atomic mass is 35.5. The molecule has 1 N–H and O–H groups in total. The van der Waals surface area contributed by atoms with Gasteiger partial charge in [-0.25, -0.2) is 9.59 Å². The predicted molar refractivity (Wildman–Crippen MR) is 269 cm³/mol. The number of carboxylic acids is 1. The van der Waals surface area contributed by atoms with Crippen molar-refractivity contribution in [2.75, 3.05) is 13.0 Å². The number of hydrogen-bond acceptors (Lipinski definition) is 5. The van der Waals surface area contributed by atoms with E-state index in [1.807, 2.05) is 129 Å². The van der Waals surface area contributed by atoms with Gasteiger partial charge in [0.25, 0.3) is 0 Å². The summed E-state index contributed by atoms with van der Waals surface area (Å²) < 4.78 is 8.44. The number of benzene rings is 4. The quantitative estimate of drug-likeness (QED) is 0.0655. The fourth-order valence-corrected chi connectivity index (χ4v) is 3.89. The van der Waals surface area contributed by atoms with E-state index in [-0.39, 0.29) is 11.9 Å². The van der Waals surface area contributed by atoms with Crippen LogP contribution in [0.3, 0.4) is 0 Å². The van der Waals surface area contributed by atoms with Crippen LogP contribution in [-0.4, -0.2) is 36.0 Å². The highest BCUT2D eigenvalue weighted by molar-refractivity contribution is 6.17. The van der Waals surface area contributed by atoms with Crippen molar-refractivity contribution in [3.8, 4) is 0 Å². The molecule has 0 amide bonds. The van der Waals surface area contributed by atoms with Gasteiger partial charge >= 0.3 is 17.9 Å². The largest absolute Gasteiger partial charge is 0.478 e. The highest BCUT2D eigenvalue weighted by Crippen LogP contribution is 2.26. The molecule has 0 radical (unpaired) electrons. The summed E-state index contributed by atoms with van der Waals surface area (Å²) in [6.45, 7) is 45.2. The molecule has 0 aromatic heterocycles. The van der Waals surface area contributed by atoms with E-state index in [1.165, 1.54) is 64.1 Å². The highest BCUT2D eigenvalue weighted by Gasteiger charge is 2.09. The maximum absolute atomic E-state index is 10.2. The van der Waals surface area contributed by atoms with E-state index in [2.05, 4.69) is 96.7 Å². The zero-order valence-electron chi connectivity index (χ0n) is 38.4. The third-order valence-electron chi connectivity index (χ3n) is 7.33. The zero-order valence-corrected chi connectivity index (χ0v) is 39.2. The molecule has 6 nitrogen and oxygen atoms in total. The van der Waals surface area contributed by atoms with Gasteiger partial charge in [0, 0.05) is 24.5 Å². The van der Waals surface area contributed by atoms with Crippen LogP contribution in [0.5, 0.6) is 0 Å². The normalized spacial score (nSPS) is 8.11. The van der Waals surface area contributed by atoms with Gasteiger partial charge in [0.05, 0.1) is 13.4 Å². The first-order chi connectivity index (χ1) is 28.8. The van der Waals surface area contributed by atoms with Crippen molar-refractivity contribution in [3.63, 3.8) is 0 Å². The molecule has 4 aromatic rings. The molecule has 0 spiro atoms. The number of carboxylic acid groups (broad SMARTS) is 1. The molecule has 0 heterocycles. The summed E-state index contributed by atoms with van der Waals surface area (Å²) in [6.07, 6.45) is 11.1. The Hall–Kier alpha value is -6.50. The third kappa shape index (κ3) is 38.8. The number of esters is 2. The van der Waals surface area contributed by atoms with Crippen molar-refractivity contribution in [3.05, 3.63) is 218 Å². The molecular formula is C54H71ClO6. The lowest BCUT2D eigenvalue weighted by atomic mass is 9.90. The molecule has 0 aliphatic carbocycles. The lowest BCUT2D eigenvalue weighted by Crippen LogP contribution is -1.98. The number of allylic oxidation sites excluding steroid dienone is 1. The van der Waals surface area contributed by atoms with Crippen molar-refractivity contribution in [2.45, 2.75) is 62.3 Å². The van der Waals surface area contributed by atoms with Gasteiger partial charge in [-0.1, -0.05) is 174 Å². The molecule has 0 saturated heterocycles. The number of rotatable bonds is 7. The maximum atomic E-state index is 10.2. The van der Waals surface area contributed by atoms with Crippen molar-refractivity contribution in [1.82, 2.24) is 0 Å². The third-order valence-corrected chi connectivity index (χ3v) is 7.33. The summed E-state index contributed by atoms with van der Waals surface area (Å²) in [6, 6.07) is 30.1. The van der Waals surface area contributed by atoms with Crippen molar-refractivity contribution >= 4 is 53.8 Å². The van der Waals surface area contributed by atoms with Crippen molar-refractivity contribution < 1.29 is 29.0 Å². The first kappa shape index (κ1) is 63.7. The van der Waals surface area contributed by atoms with Gasteiger partial charge in [-0.3, -0.25) is 4.79 Å². The monoisotopic (exact) mass is 850 g/mol. The molecular weight excluding hydrogens is 780 g/mol. The topological polar surface area (TPSA) is 89.9 Å². The van der Waals surface area contributed by atoms with E-state index >= 15 is 0 Å². The number of ether oxygens (including phenoxy) is 2. The van der Waals surface area contributed by atoms with E-state index in [4.69, 9.17) is 16.7 Å². The van der Waals surface area contributed by atoms with Gasteiger partial charge in [0.2, 0.25) is 0 Å². The van der Waals surface area contributed by atoms with E-state index in [0.717, 1.165) is 18.2 Å². The minimum Gasteiger partial charge on any atom is -0.478 e. The number of halogens is 1. The van der Waals surface area contributed by atoms with Crippen LogP contribution >= 0.6 is 11.6 Å². The average Bonchev–Trinajstić information content (AvgIpc) is 3.27. The molecule has 0 bridgehead atoms. The first-order valence-corrected chi connectivity index (χ1v) is 19.6. The van der Waals surface area contributed by atoms with Crippen LogP contribution in [0, 0.1) is 34.6 Å². The summed E-state index contributed by atoms with van der Waals surface area (Å²) in [4.78, 5) is 29.2. The van der Waals surface area contributed by atoms with Crippen LogP contribution in [0.4, 0.5) is 0 Å². The Kier molecular flexibility index (Phi) is 46.5. The van der Waals surface area contributed by atoms with E-state index in [1.54, 1.807) is 13.0 Å². The predicted octanol–water partition coefficient (Wildman–Crippen LogP) is 15.0. The fourth-order valence-electron chi connectivity index (χ4n) is 3.89. The van der Waals surface area contributed by atoms with Crippen molar-refractivity contribution in [2.24, 2.45) is 0 Å². The van der Waals surface area contributed by atoms with Crippen LogP contribution < -0.4 is 0 Å². The Morgan fingerprint density at radius 3 is 0.984 bits per heavy atom. The Morgan fingerprint density at radius 2 is 0.869 bits per heavy atom.